The van der Waals surface area contributed by atoms with Crippen LogP contribution < -0.4 is 0 Å². The second-order valence-electron chi connectivity index (χ2n) is 8.21. The summed E-state index contributed by atoms with van der Waals surface area (Å²) in [4.78, 5) is 0. The van der Waals surface area contributed by atoms with E-state index in [1.54, 1.807) is 0 Å². The summed E-state index contributed by atoms with van der Waals surface area (Å²) in [5.74, 6) is 1.44. The first-order valence-corrected chi connectivity index (χ1v) is 11.5. The van der Waals surface area contributed by atoms with Gasteiger partial charge >= 0.3 is 0 Å². The van der Waals surface area contributed by atoms with E-state index < -0.39 is 0 Å². The molecule has 2 fully saturated rings. The van der Waals surface area contributed by atoms with Gasteiger partial charge in [-0.1, -0.05) is 38.2 Å². The molecule has 156 valence electrons. The summed E-state index contributed by atoms with van der Waals surface area (Å²) in [6.45, 7) is 7.65. The first kappa shape index (κ1) is 22.6. The fourth-order valence-electron chi connectivity index (χ4n) is 4.16. The maximum atomic E-state index is 5.86. The predicted molar refractivity (Wildman–Crippen MR) is 113 cm³/mol. The molecular weight excluding hydrogens is 336 g/mol. The smallest absolute Gasteiger partial charge is 0.0651 e. The number of rotatable bonds is 12. The minimum Gasteiger partial charge on any atom is -0.378 e. The first-order valence-electron chi connectivity index (χ1n) is 11.5. The topological polar surface area (TPSA) is 27.7 Å². The highest BCUT2D eigenvalue weighted by Gasteiger charge is 2.20. The van der Waals surface area contributed by atoms with Gasteiger partial charge in [0.05, 0.1) is 25.4 Å². The Hall–Kier alpha value is -0.640. The number of ether oxygens (including phenoxy) is 3. The summed E-state index contributed by atoms with van der Waals surface area (Å²) >= 11 is 0. The number of allylic oxidation sites excluding steroid dienone is 2. The molecule has 0 amide bonds. The fraction of sp³-hybridized carbons (Fsp3) is 0.833. The van der Waals surface area contributed by atoms with Crippen molar-refractivity contribution in [3.63, 3.8) is 0 Å². The van der Waals surface area contributed by atoms with Gasteiger partial charge in [0.2, 0.25) is 0 Å². The highest BCUT2D eigenvalue weighted by molar-refractivity contribution is 4.93. The van der Waals surface area contributed by atoms with Gasteiger partial charge in [0, 0.05) is 13.2 Å². The molecular formula is C24H42O3. The van der Waals surface area contributed by atoms with E-state index in [1.807, 2.05) is 0 Å². The molecule has 2 aliphatic carbocycles. The van der Waals surface area contributed by atoms with E-state index in [1.165, 1.54) is 51.4 Å². The van der Waals surface area contributed by atoms with Crippen LogP contribution in [-0.2, 0) is 14.2 Å². The molecule has 0 aliphatic heterocycles. The van der Waals surface area contributed by atoms with E-state index in [9.17, 15) is 0 Å². The Morgan fingerprint density at radius 3 is 1.41 bits per heavy atom. The van der Waals surface area contributed by atoms with Crippen LogP contribution >= 0.6 is 0 Å². The second kappa shape index (κ2) is 14.4. The normalized spacial score (nSPS) is 29.7. The third kappa shape index (κ3) is 9.91. The lowest BCUT2D eigenvalue weighted by Crippen LogP contribution is -2.21. The average molecular weight is 379 g/mol. The van der Waals surface area contributed by atoms with Crippen molar-refractivity contribution < 1.29 is 14.2 Å². The van der Waals surface area contributed by atoms with Crippen molar-refractivity contribution in [2.75, 3.05) is 26.4 Å². The molecule has 0 N–H and O–H groups in total. The molecule has 3 nitrogen and oxygen atoms in total. The van der Waals surface area contributed by atoms with E-state index in [-0.39, 0.29) is 0 Å². The summed E-state index contributed by atoms with van der Waals surface area (Å²) in [7, 11) is 0. The minimum atomic E-state index is 0.504. The zero-order chi connectivity index (χ0) is 19.2. The third-order valence-electron chi connectivity index (χ3n) is 5.80. The minimum absolute atomic E-state index is 0.504. The van der Waals surface area contributed by atoms with Crippen LogP contribution in [0.2, 0.25) is 0 Å². The summed E-state index contributed by atoms with van der Waals surface area (Å²) in [6, 6.07) is 0. The highest BCUT2D eigenvalue weighted by Crippen LogP contribution is 2.28. The van der Waals surface area contributed by atoms with Crippen molar-refractivity contribution in [3.8, 4) is 0 Å². The molecule has 0 heterocycles. The maximum absolute atomic E-state index is 5.86. The summed E-state index contributed by atoms with van der Waals surface area (Å²) in [5.41, 5.74) is 0. The van der Waals surface area contributed by atoms with E-state index in [4.69, 9.17) is 14.2 Å². The van der Waals surface area contributed by atoms with Crippen LogP contribution in [0.5, 0.6) is 0 Å². The molecule has 0 unspecified atom stereocenters. The average Bonchev–Trinajstić information content (AvgIpc) is 2.71. The lowest BCUT2D eigenvalue weighted by atomic mass is 9.87. The van der Waals surface area contributed by atoms with E-state index in [0.717, 1.165) is 51.1 Å². The number of hydrogen-bond donors (Lipinski definition) is 0. The molecule has 3 heteroatoms. The van der Waals surface area contributed by atoms with Crippen molar-refractivity contribution in [1.82, 2.24) is 0 Å². The Morgan fingerprint density at radius 2 is 1.04 bits per heavy atom. The zero-order valence-electron chi connectivity index (χ0n) is 17.7. The summed E-state index contributed by atoms with van der Waals surface area (Å²) in [5, 5.41) is 0. The molecule has 0 aromatic carbocycles. The van der Waals surface area contributed by atoms with Gasteiger partial charge in [-0.3, -0.25) is 0 Å². The molecule has 0 spiro atoms. The van der Waals surface area contributed by atoms with Gasteiger partial charge in [-0.2, -0.15) is 0 Å². The molecule has 0 saturated heterocycles. The monoisotopic (exact) mass is 378 g/mol. The molecule has 0 bridgehead atoms. The molecule has 0 radical (unpaired) electrons. The largest absolute Gasteiger partial charge is 0.378 e. The van der Waals surface area contributed by atoms with Gasteiger partial charge in [0.25, 0.3) is 0 Å². The summed E-state index contributed by atoms with van der Waals surface area (Å²) in [6.07, 6.45) is 22.3. The van der Waals surface area contributed by atoms with Gasteiger partial charge in [0.1, 0.15) is 0 Å². The number of hydrogen-bond acceptors (Lipinski definition) is 3. The van der Waals surface area contributed by atoms with Crippen LogP contribution in [0.1, 0.15) is 78.1 Å². The van der Waals surface area contributed by atoms with Crippen LogP contribution in [0.3, 0.4) is 0 Å². The first-order chi connectivity index (χ1) is 13.3. The van der Waals surface area contributed by atoms with Gasteiger partial charge in [0.15, 0.2) is 0 Å². The third-order valence-corrected chi connectivity index (χ3v) is 5.80. The molecule has 27 heavy (non-hydrogen) atoms. The second-order valence-corrected chi connectivity index (χ2v) is 8.21. The van der Waals surface area contributed by atoms with Crippen molar-refractivity contribution in [2.45, 2.75) is 90.3 Å². The molecule has 0 atom stereocenters. The molecule has 2 rings (SSSR count). The Bertz CT molecular complexity index is 364. The Kier molecular flexibility index (Phi) is 12.1. The Balaban J connectivity index is 1.46. The van der Waals surface area contributed by atoms with Crippen LogP contribution in [0.15, 0.2) is 24.3 Å². The van der Waals surface area contributed by atoms with Crippen molar-refractivity contribution in [3.05, 3.63) is 24.3 Å². The maximum Gasteiger partial charge on any atom is 0.0651 e. The van der Waals surface area contributed by atoms with E-state index in [2.05, 4.69) is 38.2 Å². The van der Waals surface area contributed by atoms with Gasteiger partial charge in [-0.15, -0.1) is 0 Å². The zero-order valence-corrected chi connectivity index (χ0v) is 17.7. The molecule has 0 aromatic rings. The van der Waals surface area contributed by atoms with Crippen LogP contribution in [0.4, 0.5) is 0 Å². The van der Waals surface area contributed by atoms with Crippen molar-refractivity contribution in [2.24, 2.45) is 11.8 Å². The fourth-order valence-corrected chi connectivity index (χ4v) is 4.16. The SMILES string of the molecule is CCCO[C@H]1CC[C@H](C=CCOCC=C[C@H]2CC[C@H](OCCC)CC2)CC1. The van der Waals surface area contributed by atoms with Gasteiger partial charge in [-0.05, 0) is 76.0 Å². The van der Waals surface area contributed by atoms with Gasteiger partial charge < -0.3 is 14.2 Å². The van der Waals surface area contributed by atoms with Gasteiger partial charge in [-0.25, -0.2) is 0 Å². The predicted octanol–water partition coefficient (Wildman–Crippen LogP) is 6.09. The van der Waals surface area contributed by atoms with Crippen LogP contribution in [0.25, 0.3) is 0 Å². The van der Waals surface area contributed by atoms with Crippen LogP contribution in [0, 0.1) is 11.8 Å². The summed E-state index contributed by atoms with van der Waals surface area (Å²) < 4.78 is 17.5. The lowest BCUT2D eigenvalue weighted by molar-refractivity contribution is 0.0226. The van der Waals surface area contributed by atoms with Crippen LogP contribution in [-0.4, -0.2) is 38.6 Å². The van der Waals surface area contributed by atoms with Crippen molar-refractivity contribution >= 4 is 0 Å². The Morgan fingerprint density at radius 1 is 0.630 bits per heavy atom. The highest BCUT2D eigenvalue weighted by atomic mass is 16.5. The molecule has 0 aromatic heterocycles. The van der Waals surface area contributed by atoms with E-state index >= 15 is 0 Å². The molecule has 2 aliphatic rings. The lowest BCUT2D eigenvalue weighted by Gasteiger charge is -2.26. The standard InChI is InChI=1S/C24H42O3/c1-3-17-26-23-13-9-21(10-14-23)7-5-19-25-20-6-8-22-11-15-24(16-12-22)27-18-4-2/h5-8,21-24H,3-4,9-20H2,1-2H3/t21-,22-,23-,24-. The quantitative estimate of drug-likeness (QED) is 0.304. The van der Waals surface area contributed by atoms with Crippen molar-refractivity contribution in [1.29, 1.82) is 0 Å². The van der Waals surface area contributed by atoms with E-state index in [0.29, 0.717) is 12.2 Å². The molecule has 2 saturated carbocycles. The Labute approximate surface area is 167 Å².